The molecular weight excluding hydrogens is 456 g/mol. The van der Waals surface area contributed by atoms with E-state index in [0.717, 1.165) is 34.3 Å². The second-order valence-corrected chi connectivity index (χ2v) is 8.68. The van der Waals surface area contributed by atoms with Gasteiger partial charge in [0.1, 0.15) is 11.5 Å². The molecular formula is C28H32N4O4. The summed E-state index contributed by atoms with van der Waals surface area (Å²) in [6, 6.07) is 15.3. The lowest BCUT2D eigenvalue weighted by Crippen LogP contribution is -2.31. The molecule has 2 heterocycles. The molecule has 1 amide bonds. The topological polar surface area (TPSA) is 87.5 Å². The van der Waals surface area contributed by atoms with E-state index in [-0.39, 0.29) is 18.6 Å². The van der Waals surface area contributed by atoms with Crippen molar-refractivity contribution in [1.82, 2.24) is 20.1 Å². The van der Waals surface area contributed by atoms with E-state index in [2.05, 4.69) is 24.4 Å². The summed E-state index contributed by atoms with van der Waals surface area (Å²) in [5, 5.41) is 8.64. The summed E-state index contributed by atoms with van der Waals surface area (Å²) < 4.78 is 18.4. The lowest BCUT2D eigenvalue weighted by molar-refractivity contribution is -0.123. The van der Waals surface area contributed by atoms with Crippen LogP contribution in [-0.4, -0.2) is 41.5 Å². The van der Waals surface area contributed by atoms with Crippen LogP contribution >= 0.6 is 0 Å². The van der Waals surface area contributed by atoms with Crippen molar-refractivity contribution in [2.24, 2.45) is 0 Å². The number of ether oxygens (including phenoxy) is 3. The first-order valence-electron chi connectivity index (χ1n) is 11.9. The van der Waals surface area contributed by atoms with E-state index in [0.29, 0.717) is 23.0 Å². The average molecular weight is 489 g/mol. The Balaban J connectivity index is 1.52. The zero-order chi connectivity index (χ0) is 25.8. The smallest absolute Gasteiger partial charge is 0.258 e. The van der Waals surface area contributed by atoms with E-state index in [9.17, 15) is 4.79 Å². The number of hydrogen-bond donors (Lipinski definition) is 1. The first-order valence-corrected chi connectivity index (χ1v) is 11.9. The van der Waals surface area contributed by atoms with Crippen LogP contribution in [0.4, 0.5) is 0 Å². The van der Waals surface area contributed by atoms with Gasteiger partial charge in [-0.1, -0.05) is 19.1 Å². The fourth-order valence-electron chi connectivity index (χ4n) is 4.28. The molecule has 0 aliphatic heterocycles. The van der Waals surface area contributed by atoms with Gasteiger partial charge in [0.25, 0.3) is 5.91 Å². The number of fused-ring (bicyclic) bond motifs is 1. The largest absolute Gasteiger partial charge is 0.497 e. The highest BCUT2D eigenvalue weighted by Gasteiger charge is 2.18. The Labute approximate surface area is 211 Å². The van der Waals surface area contributed by atoms with E-state index < -0.39 is 0 Å². The highest BCUT2D eigenvalue weighted by molar-refractivity contribution is 5.84. The van der Waals surface area contributed by atoms with Gasteiger partial charge in [0.05, 0.1) is 31.6 Å². The summed E-state index contributed by atoms with van der Waals surface area (Å²) in [5.74, 6) is 1.45. The number of nitrogens with one attached hydrogen (secondary N) is 1. The summed E-state index contributed by atoms with van der Waals surface area (Å²) in [6.45, 7) is 7.80. The van der Waals surface area contributed by atoms with E-state index in [1.165, 1.54) is 5.56 Å². The number of nitrogens with zero attached hydrogens (tertiary/aromatic N) is 3. The van der Waals surface area contributed by atoms with Crippen molar-refractivity contribution in [3.63, 3.8) is 0 Å². The van der Waals surface area contributed by atoms with Gasteiger partial charge in [-0.15, -0.1) is 0 Å². The van der Waals surface area contributed by atoms with Crippen LogP contribution in [0.2, 0.25) is 0 Å². The van der Waals surface area contributed by atoms with Crippen molar-refractivity contribution in [2.75, 3.05) is 20.8 Å². The average Bonchev–Trinajstić information content (AvgIpc) is 3.23. The first-order chi connectivity index (χ1) is 17.3. The number of carbonyl (C=O) groups excluding carboxylic acids is 1. The summed E-state index contributed by atoms with van der Waals surface area (Å²) in [7, 11) is 3.19. The molecule has 4 rings (SSSR count). The molecule has 8 nitrogen and oxygen atoms in total. The van der Waals surface area contributed by atoms with Crippen molar-refractivity contribution in [3.05, 3.63) is 70.9 Å². The Bertz CT molecular complexity index is 1380. The van der Waals surface area contributed by atoms with E-state index in [1.807, 2.05) is 61.9 Å². The van der Waals surface area contributed by atoms with Crippen LogP contribution in [0.1, 0.15) is 42.3 Å². The Morgan fingerprint density at radius 3 is 2.47 bits per heavy atom. The third kappa shape index (κ3) is 5.12. The molecule has 2 aromatic heterocycles. The molecule has 188 valence electrons. The van der Waals surface area contributed by atoms with Gasteiger partial charge in [0.2, 0.25) is 5.88 Å². The first kappa shape index (κ1) is 25.0. The second-order valence-electron chi connectivity index (χ2n) is 8.68. The molecule has 0 aliphatic rings. The van der Waals surface area contributed by atoms with Crippen LogP contribution in [-0.2, 0) is 11.2 Å². The van der Waals surface area contributed by atoms with Crippen LogP contribution in [0.25, 0.3) is 16.7 Å². The Morgan fingerprint density at radius 2 is 1.81 bits per heavy atom. The number of amides is 1. The number of benzene rings is 2. The third-order valence-electron chi connectivity index (χ3n) is 6.21. The fraction of sp³-hybridized carbons (Fsp3) is 0.321. The molecule has 0 saturated carbocycles. The van der Waals surface area contributed by atoms with E-state index in [4.69, 9.17) is 24.3 Å². The number of pyridine rings is 1. The van der Waals surface area contributed by atoms with Gasteiger partial charge in [-0.05, 0) is 68.7 Å². The number of methoxy groups -OCH3 is 2. The van der Waals surface area contributed by atoms with Crippen LogP contribution in [0, 0.1) is 13.8 Å². The van der Waals surface area contributed by atoms with Gasteiger partial charge in [-0.2, -0.15) is 10.1 Å². The fourth-order valence-corrected chi connectivity index (χ4v) is 4.28. The summed E-state index contributed by atoms with van der Waals surface area (Å²) in [5.41, 5.74) is 5.56. The van der Waals surface area contributed by atoms with Crippen LogP contribution < -0.4 is 19.5 Å². The molecule has 0 spiro atoms. The van der Waals surface area contributed by atoms with Gasteiger partial charge < -0.3 is 19.5 Å². The SMILES string of the molecule is CCc1ccc(-n2nc(C)c3c(C)cc(OCC(=O)NC(C)c4cc(OC)ccc4OC)nc32)cc1. The van der Waals surface area contributed by atoms with Gasteiger partial charge >= 0.3 is 0 Å². The van der Waals surface area contributed by atoms with Gasteiger partial charge in [0, 0.05) is 17.0 Å². The predicted molar refractivity (Wildman–Crippen MR) is 139 cm³/mol. The number of hydrogen-bond acceptors (Lipinski definition) is 6. The van der Waals surface area contributed by atoms with Crippen LogP contribution in [0.5, 0.6) is 17.4 Å². The molecule has 0 fully saturated rings. The number of aromatic nitrogens is 3. The molecule has 0 bridgehead atoms. The van der Waals surface area contributed by atoms with Crippen LogP contribution in [0.3, 0.4) is 0 Å². The number of carbonyl (C=O) groups is 1. The summed E-state index contributed by atoms with van der Waals surface area (Å²) >= 11 is 0. The minimum Gasteiger partial charge on any atom is -0.497 e. The molecule has 0 radical (unpaired) electrons. The lowest BCUT2D eigenvalue weighted by atomic mass is 10.1. The molecule has 0 aliphatic carbocycles. The zero-order valence-corrected chi connectivity index (χ0v) is 21.6. The number of rotatable bonds is 9. The maximum absolute atomic E-state index is 12.7. The van der Waals surface area contributed by atoms with Crippen molar-refractivity contribution in [2.45, 2.75) is 40.2 Å². The highest BCUT2D eigenvalue weighted by atomic mass is 16.5. The van der Waals surface area contributed by atoms with Crippen molar-refractivity contribution in [3.8, 4) is 23.1 Å². The molecule has 2 aromatic carbocycles. The minimum absolute atomic E-state index is 0.174. The van der Waals surface area contributed by atoms with Crippen molar-refractivity contribution < 1.29 is 19.0 Å². The van der Waals surface area contributed by atoms with Crippen molar-refractivity contribution >= 4 is 16.9 Å². The maximum Gasteiger partial charge on any atom is 0.258 e. The number of aryl methyl sites for hydroxylation is 3. The van der Waals surface area contributed by atoms with Crippen molar-refractivity contribution in [1.29, 1.82) is 0 Å². The molecule has 0 saturated heterocycles. The Morgan fingerprint density at radius 1 is 1.06 bits per heavy atom. The lowest BCUT2D eigenvalue weighted by Gasteiger charge is -2.18. The zero-order valence-electron chi connectivity index (χ0n) is 21.6. The van der Waals surface area contributed by atoms with Gasteiger partial charge in [-0.25, -0.2) is 4.68 Å². The van der Waals surface area contributed by atoms with Gasteiger partial charge in [-0.3, -0.25) is 4.79 Å². The molecule has 8 heteroatoms. The van der Waals surface area contributed by atoms with E-state index >= 15 is 0 Å². The van der Waals surface area contributed by atoms with Crippen LogP contribution in [0.15, 0.2) is 48.5 Å². The summed E-state index contributed by atoms with van der Waals surface area (Å²) in [4.78, 5) is 17.4. The molecule has 36 heavy (non-hydrogen) atoms. The monoisotopic (exact) mass is 488 g/mol. The third-order valence-corrected chi connectivity index (χ3v) is 6.21. The Kier molecular flexibility index (Phi) is 7.43. The molecule has 1 unspecified atom stereocenters. The maximum atomic E-state index is 12.7. The Hall–Kier alpha value is -4.07. The summed E-state index contributed by atoms with van der Waals surface area (Å²) in [6.07, 6.45) is 0.972. The quantitative estimate of drug-likeness (QED) is 0.362. The predicted octanol–water partition coefficient (Wildman–Crippen LogP) is 4.87. The highest BCUT2D eigenvalue weighted by Crippen LogP contribution is 2.30. The minimum atomic E-state index is -0.307. The molecule has 4 aromatic rings. The second kappa shape index (κ2) is 10.7. The van der Waals surface area contributed by atoms with Gasteiger partial charge in [0.15, 0.2) is 12.3 Å². The normalized spacial score (nSPS) is 11.8. The standard InChI is InChI=1S/C28H32N4O4/c1-7-20-8-10-21(11-9-20)32-28-27(19(4)31-32)17(2)14-26(30-28)36-16-25(33)29-18(3)23-15-22(34-5)12-13-24(23)35-6/h8-15,18H,7,16H2,1-6H3,(H,29,33). The molecule has 1 N–H and O–H groups in total. The molecule has 1 atom stereocenters. The van der Waals surface area contributed by atoms with E-state index in [1.54, 1.807) is 14.2 Å².